The van der Waals surface area contributed by atoms with Crippen LogP contribution in [-0.2, 0) is 4.74 Å². The van der Waals surface area contributed by atoms with Gasteiger partial charge in [-0.25, -0.2) is 14.6 Å². The number of carboxylic acids is 1. The van der Waals surface area contributed by atoms with Crippen molar-refractivity contribution in [2.24, 2.45) is 5.92 Å². The van der Waals surface area contributed by atoms with Crippen molar-refractivity contribution >= 4 is 46.0 Å². The first-order chi connectivity index (χ1) is 25.9. The van der Waals surface area contributed by atoms with E-state index < -0.39 is 11.6 Å². The highest BCUT2D eigenvalue weighted by molar-refractivity contribution is 6.30. The Morgan fingerprint density at radius 1 is 0.981 bits per heavy atom. The van der Waals surface area contributed by atoms with Crippen LogP contribution in [0.25, 0.3) is 16.6 Å². The fourth-order valence-corrected chi connectivity index (χ4v) is 7.36. The number of carbonyl (C=O) groups excluding carboxylic acids is 1. The zero-order valence-corrected chi connectivity index (χ0v) is 32.6. The summed E-state index contributed by atoms with van der Waals surface area (Å²) in [6.07, 6.45) is 7.70. The predicted molar refractivity (Wildman–Crippen MR) is 215 cm³/mol. The van der Waals surface area contributed by atoms with Crippen LogP contribution >= 0.6 is 11.6 Å². The first-order valence-corrected chi connectivity index (χ1v) is 19.4. The molecule has 2 aromatic carbocycles. The number of rotatable bonds is 7. The summed E-state index contributed by atoms with van der Waals surface area (Å²) in [7, 11) is 0. The van der Waals surface area contributed by atoms with Gasteiger partial charge in [0.1, 0.15) is 28.3 Å². The van der Waals surface area contributed by atoms with E-state index in [0.29, 0.717) is 17.4 Å². The molecule has 7 rings (SSSR count). The third-order valence-electron chi connectivity index (χ3n) is 10.0. The summed E-state index contributed by atoms with van der Waals surface area (Å²) < 4.78 is 11.4. The number of ether oxygens (including phenoxy) is 2. The summed E-state index contributed by atoms with van der Waals surface area (Å²) in [5.74, 6) is 0.501. The maximum atomic E-state index is 11.9. The number of fused-ring (bicyclic) bond motifs is 1. The molecular weight excluding hydrogens is 704 g/mol. The van der Waals surface area contributed by atoms with Crippen molar-refractivity contribution in [1.29, 1.82) is 0 Å². The number of anilines is 1. The van der Waals surface area contributed by atoms with Gasteiger partial charge >= 0.3 is 12.1 Å². The molecule has 0 saturated carbocycles. The number of carbonyl (C=O) groups is 2. The summed E-state index contributed by atoms with van der Waals surface area (Å²) in [5.41, 5.74) is 5.78. The van der Waals surface area contributed by atoms with Gasteiger partial charge in [-0.05, 0) is 106 Å². The molecule has 4 aromatic rings. The summed E-state index contributed by atoms with van der Waals surface area (Å²) in [4.78, 5) is 37.6. The second-order valence-corrected chi connectivity index (χ2v) is 15.9. The smallest absolute Gasteiger partial charge is 0.410 e. The number of amides is 1. The van der Waals surface area contributed by atoms with E-state index in [0.717, 1.165) is 99.9 Å². The van der Waals surface area contributed by atoms with E-state index >= 15 is 0 Å². The minimum absolute atomic E-state index is 0.129. The first kappa shape index (κ1) is 39.1. The fraction of sp³-hybridized carbons (Fsp3) is 0.452. The lowest BCUT2D eigenvalue weighted by Gasteiger charge is -2.38. The van der Waals surface area contributed by atoms with Crippen LogP contribution in [0.1, 0.15) is 69.3 Å². The van der Waals surface area contributed by atoms with Gasteiger partial charge in [0.05, 0.1) is 6.20 Å². The number of nitrogens with one attached hydrogen (secondary N) is 2. The standard InChI is InChI=1S/C32H33ClN4O3.C10H20N2O2/c1-21-2-8-28(22-3-5-25(33)6-4-22)24(16-21)20-36-12-14-37(15-13-36)26-7-9-29(32(38)39)30(18-26)40-27-17-23-10-11-34-31(23)35-19-27;1-10(2,3)14-9(13)12-7-4-5-11-6-8-12/h3-7,9-11,17-19,21H,2,8,12-16,20H2,1H3,(H,34,35)(H,38,39);11H,4-8H2,1-3H3. The van der Waals surface area contributed by atoms with Crippen molar-refractivity contribution in [3.8, 4) is 11.5 Å². The summed E-state index contributed by atoms with van der Waals surface area (Å²) >= 11 is 6.15. The van der Waals surface area contributed by atoms with Gasteiger partial charge in [0, 0.05) is 80.7 Å². The molecule has 4 heterocycles. The van der Waals surface area contributed by atoms with Gasteiger partial charge in [0.25, 0.3) is 0 Å². The molecule has 1 aliphatic carbocycles. The summed E-state index contributed by atoms with van der Waals surface area (Å²) in [6, 6.07) is 17.4. The van der Waals surface area contributed by atoms with Crippen LogP contribution in [0.4, 0.5) is 10.5 Å². The van der Waals surface area contributed by atoms with E-state index in [-0.39, 0.29) is 11.7 Å². The van der Waals surface area contributed by atoms with Crippen molar-refractivity contribution < 1.29 is 24.2 Å². The van der Waals surface area contributed by atoms with Crippen LogP contribution in [0, 0.1) is 5.92 Å². The number of hydrogen-bond acceptors (Lipinski definition) is 8. The highest BCUT2D eigenvalue weighted by Crippen LogP contribution is 2.37. The molecule has 0 spiro atoms. The molecule has 0 radical (unpaired) electrons. The summed E-state index contributed by atoms with van der Waals surface area (Å²) in [5, 5.41) is 14.7. The van der Waals surface area contributed by atoms with Gasteiger partial charge in [-0.2, -0.15) is 0 Å². The molecule has 12 heteroatoms. The maximum Gasteiger partial charge on any atom is 0.410 e. The molecule has 1 amide bonds. The molecule has 1 unspecified atom stereocenters. The molecule has 1 atom stereocenters. The number of aromatic carboxylic acids is 1. The average Bonchev–Trinajstić information content (AvgIpc) is 3.43. The van der Waals surface area contributed by atoms with Gasteiger partial charge in [-0.3, -0.25) is 4.90 Å². The Labute approximate surface area is 323 Å². The molecule has 11 nitrogen and oxygen atoms in total. The second kappa shape index (κ2) is 17.7. The zero-order chi connectivity index (χ0) is 38.2. The third-order valence-corrected chi connectivity index (χ3v) is 10.3. The van der Waals surface area contributed by atoms with Crippen molar-refractivity contribution in [2.45, 2.75) is 59.0 Å². The van der Waals surface area contributed by atoms with Crippen LogP contribution in [0.15, 0.2) is 72.6 Å². The molecule has 2 aromatic heterocycles. The van der Waals surface area contributed by atoms with E-state index in [2.05, 4.69) is 44.1 Å². The monoisotopic (exact) mass is 756 g/mol. The van der Waals surface area contributed by atoms with Crippen molar-refractivity contribution in [2.75, 3.05) is 63.8 Å². The Balaban J connectivity index is 0.000000300. The number of piperazine rings is 1. The molecule has 0 bridgehead atoms. The molecular formula is C42H53ClN6O5. The average molecular weight is 757 g/mol. The van der Waals surface area contributed by atoms with Crippen LogP contribution < -0.4 is 15.0 Å². The Morgan fingerprint density at radius 2 is 1.76 bits per heavy atom. The predicted octanol–water partition coefficient (Wildman–Crippen LogP) is 8.32. The maximum absolute atomic E-state index is 11.9. The molecule has 2 saturated heterocycles. The SMILES string of the molecule is CC(C)(C)OC(=O)N1CCCNCC1.CC1CCC(c2ccc(Cl)cc2)=C(CN2CCN(c3ccc(C(=O)O)c(Oc4cnc5[nH]ccc5c4)c3)CC2)C1. The zero-order valence-electron chi connectivity index (χ0n) is 31.9. The van der Waals surface area contributed by atoms with Crippen LogP contribution in [-0.4, -0.2) is 101 Å². The number of nitrogens with zero attached hydrogens (tertiary/aromatic N) is 4. The number of halogens is 1. The highest BCUT2D eigenvalue weighted by Gasteiger charge is 2.25. The third kappa shape index (κ3) is 10.5. The number of aromatic amines is 1. The van der Waals surface area contributed by atoms with E-state index in [9.17, 15) is 14.7 Å². The molecule has 2 aliphatic heterocycles. The number of allylic oxidation sites excluding steroid dienone is 1. The lowest BCUT2D eigenvalue weighted by molar-refractivity contribution is 0.0262. The molecule has 3 aliphatic rings. The van der Waals surface area contributed by atoms with Gasteiger partial charge < -0.3 is 34.7 Å². The van der Waals surface area contributed by atoms with E-state index in [1.54, 1.807) is 22.7 Å². The van der Waals surface area contributed by atoms with Gasteiger partial charge in [0.15, 0.2) is 0 Å². The van der Waals surface area contributed by atoms with E-state index in [4.69, 9.17) is 21.1 Å². The Bertz CT molecular complexity index is 1920. The lowest BCUT2D eigenvalue weighted by Crippen LogP contribution is -2.47. The first-order valence-electron chi connectivity index (χ1n) is 19.0. The second-order valence-electron chi connectivity index (χ2n) is 15.4. The Morgan fingerprint density at radius 3 is 2.50 bits per heavy atom. The number of H-pyrrole nitrogens is 1. The number of benzene rings is 2. The van der Waals surface area contributed by atoms with E-state index in [1.807, 2.05) is 63.4 Å². The van der Waals surface area contributed by atoms with Crippen molar-refractivity contribution in [1.82, 2.24) is 25.1 Å². The minimum Gasteiger partial charge on any atom is -0.478 e. The number of aromatic nitrogens is 2. The topological polar surface area (TPSA) is 123 Å². The quantitative estimate of drug-likeness (QED) is 0.171. The van der Waals surface area contributed by atoms with Crippen LogP contribution in [0.5, 0.6) is 11.5 Å². The normalized spacial score (nSPS) is 18.5. The molecule has 288 valence electrons. The van der Waals surface area contributed by atoms with E-state index in [1.165, 1.54) is 17.6 Å². The Hall–Kier alpha value is -4.58. The highest BCUT2D eigenvalue weighted by atomic mass is 35.5. The Kier molecular flexibility index (Phi) is 12.8. The fourth-order valence-electron chi connectivity index (χ4n) is 7.23. The van der Waals surface area contributed by atoms with Gasteiger partial charge in [-0.1, -0.05) is 36.2 Å². The van der Waals surface area contributed by atoms with Gasteiger partial charge in [0.2, 0.25) is 0 Å². The lowest BCUT2D eigenvalue weighted by atomic mass is 9.82. The molecule has 2 fully saturated rings. The van der Waals surface area contributed by atoms with Crippen molar-refractivity contribution in [3.05, 3.63) is 88.7 Å². The largest absolute Gasteiger partial charge is 0.478 e. The molecule has 54 heavy (non-hydrogen) atoms. The van der Waals surface area contributed by atoms with Gasteiger partial charge in [-0.15, -0.1) is 0 Å². The van der Waals surface area contributed by atoms with Crippen LogP contribution in [0.2, 0.25) is 5.02 Å². The number of pyridine rings is 1. The minimum atomic E-state index is -1.02. The van der Waals surface area contributed by atoms with Crippen molar-refractivity contribution in [3.63, 3.8) is 0 Å². The number of carboxylic acid groups (broad SMARTS) is 1. The molecule has 3 N–H and O–H groups in total. The van der Waals surface area contributed by atoms with Crippen LogP contribution in [0.3, 0.4) is 0 Å². The summed E-state index contributed by atoms with van der Waals surface area (Å²) in [6.45, 7) is 16.0. The number of hydrogen-bond donors (Lipinski definition) is 3.